The normalized spacial score (nSPS) is 11.6. The molecule has 7 heteroatoms. The molecule has 3 nitrogen and oxygen atoms in total. The van der Waals surface area contributed by atoms with Crippen molar-refractivity contribution >= 4 is 11.6 Å². The molecule has 0 aliphatic heterocycles. The quantitative estimate of drug-likeness (QED) is 0.746. The fourth-order valence-electron chi connectivity index (χ4n) is 1.39. The number of alkyl halides is 3. The number of aryl methyl sites for hydroxylation is 1. The molecular formula is C11H7ClF3N3. The number of hydrogen-bond acceptors (Lipinski definition) is 3. The number of pyridine rings is 1. The molecule has 2 aromatic rings. The van der Waals surface area contributed by atoms with Gasteiger partial charge in [0, 0.05) is 24.0 Å². The first-order chi connectivity index (χ1) is 8.36. The Bertz CT molecular complexity index is 584. The van der Waals surface area contributed by atoms with Crippen molar-refractivity contribution in [3.8, 4) is 11.3 Å². The standard InChI is InChI=1S/C11H7ClF3N3/c1-6-2-7(5-16-4-6)8-3-9(12)18-10(17-8)11(13,14)15/h2-5H,1H3. The van der Waals surface area contributed by atoms with Crippen LogP contribution in [0.5, 0.6) is 0 Å². The average molecular weight is 274 g/mol. The summed E-state index contributed by atoms with van der Waals surface area (Å²) in [4.78, 5) is 10.5. The lowest BCUT2D eigenvalue weighted by Crippen LogP contribution is -2.11. The maximum atomic E-state index is 12.5. The zero-order chi connectivity index (χ0) is 13.3. The van der Waals surface area contributed by atoms with E-state index < -0.39 is 12.0 Å². The van der Waals surface area contributed by atoms with Gasteiger partial charge >= 0.3 is 6.18 Å². The third kappa shape index (κ3) is 2.76. The summed E-state index contributed by atoms with van der Waals surface area (Å²) in [7, 11) is 0. The van der Waals surface area contributed by atoms with Gasteiger partial charge in [-0.15, -0.1) is 0 Å². The van der Waals surface area contributed by atoms with E-state index in [0.717, 1.165) is 5.56 Å². The van der Waals surface area contributed by atoms with Crippen LogP contribution in [0.3, 0.4) is 0 Å². The Morgan fingerprint density at radius 1 is 1.11 bits per heavy atom. The zero-order valence-corrected chi connectivity index (χ0v) is 9.92. The second-order valence-corrected chi connectivity index (χ2v) is 4.04. The monoisotopic (exact) mass is 273 g/mol. The second kappa shape index (κ2) is 4.53. The number of halogens is 4. The molecule has 2 heterocycles. The Morgan fingerprint density at radius 2 is 1.83 bits per heavy atom. The van der Waals surface area contributed by atoms with Gasteiger partial charge in [-0.1, -0.05) is 11.6 Å². The summed E-state index contributed by atoms with van der Waals surface area (Å²) in [5, 5.41) is -0.256. The van der Waals surface area contributed by atoms with Gasteiger partial charge in [-0.05, 0) is 18.6 Å². The molecule has 0 aliphatic rings. The first-order valence-corrected chi connectivity index (χ1v) is 5.28. The van der Waals surface area contributed by atoms with Gasteiger partial charge in [0.15, 0.2) is 0 Å². The van der Waals surface area contributed by atoms with Crippen molar-refractivity contribution in [1.82, 2.24) is 15.0 Å². The van der Waals surface area contributed by atoms with Crippen molar-refractivity contribution in [3.63, 3.8) is 0 Å². The molecule has 94 valence electrons. The van der Waals surface area contributed by atoms with Crippen molar-refractivity contribution in [2.24, 2.45) is 0 Å². The van der Waals surface area contributed by atoms with Crippen LogP contribution >= 0.6 is 11.6 Å². The molecule has 0 amide bonds. The van der Waals surface area contributed by atoms with Crippen molar-refractivity contribution in [2.45, 2.75) is 13.1 Å². The second-order valence-electron chi connectivity index (χ2n) is 3.65. The van der Waals surface area contributed by atoms with E-state index >= 15 is 0 Å². The maximum absolute atomic E-state index is 12.5. The van der Waals surface area contributed by atoms with Crippen LogP contribution in [0.2, 0.25) is 5.15 Å². The van der Waals surface area contributed by atoms with Crippen LogP contribution in [0.15, 0.2) is 24.5 Å². The Morgan fingerprint density at radius 3 is 2.44 bits per heavy atom. The minimum Gasteiger partial charge on any atom is -0.264 e. The molecule has 2 rings (SSSR count). The highest BCUT2D eigenvalue weighted by atomic mass is 35.5. The lowest BCUT2D eigenvalue weighted by molar-refractivity contribution is -0.144. The lowest BCUT2D eigenvalue weighted by Gasteiger charge is -2.08. The fourth-order valence-corrected chi connectivity index (χ4v) is 1.57. The topological polar surface area (TPSA) is 38.7 Å². The van der Waals surface area contributed by atoms with Crippen LogP contribution in [0, 0.1) is 6.92 Å². The number of aromatic nitrogens is 3. The smallest absolute Gasteiger partial charge is 0.264 e. The Balaban J connectivity index is 2.55. The molecule has 18 heavy (non-hydrogen) atoms. The minimum absolute atomic E-state index is 0.0959. The summed E-state index contributed by atoms with van der Waals surface area (Å²) in [5.74, 6) is -1.26. The van der Waals surface area contributed by atoms with Gasteiger partial charge in [-0.2, -0.15) is 13.2 Å². The fraction of sp³-hybridized carbons (Fsp3) is 0.182. The molecule has 0 spiro atoms. The van der Waals surface area contributed by atoms with Gasteiger partial charge in [-0.3, -0.25) is 4.98 Å². The Kier molecular flexibility index (Phi) is 3.21. The largest absolute Gasteiger partial charge is 0.451 e. The minimum atomic E-state index is -4.63. The predicted octanol–water partition coefficient (Wildman–Crippen LogP) is 3.52. The first kappa shape index (κ1) is 12.8. The SMILES string of the molecule is Cc1cncc(-c2cc(Cl)nc(C(F)(F)F)n2)c1. The van der Waals surface area contributed by atoms with Gasteiger partial charge < -0.3 is 0 Å². The molecule has 0 saturated carbocycles. The highest BCUT2D eigenvalue weighted by molar-refractivity contribution is 6.29. The predicted molar refractivity (Wildman–Crippen MR) is 60.0 cm³/mol. The molecule has 2 aromatic heterocycles. The van der Waals surface area contributed by atoms with E-state index in [-0.39, 0.29) is 10.8 Å². The van der Waals surface area contributed by atoms with Crippen LogP contribution in [0.1, 0.15) is 11.4 Å². The third-order valence-corrected chi connectivity index (χ3v) is 2.31. The molecule has 0 N–H and O–H groups in total. The van der Waals surface area contributed by atoms with Crippen molar-refractivity contribution in [3.05, 3.63) is 41.1 Å². The summed E-state index contributed by atoms with van der Waals surface area (Å²) in [6, 6.07) is 2.94. The molecule has 0 radical (unpaired) electrons. The van der Waals surface area contributed by atoms with Gasteiger partial charge in [0.05, 0.1) is 5.69 Å². The maximum Gasteiger partial charge on any atom is 0.451 e. The Hall–Kier alpha value is -1.69. The molecular weight excluding hydrogens is 267 g/mol. The van der Waals surface area contributed by atoms with Crippen molar-refractivity contribution in [2.75, 3.05) is 0 Å². The summed E-state index contributed by atoms with van der Waals surface area (Å²) >= 11 is 5.57. The Labute approximate surface area is 106 Å². The van der Waals surface area contributed by atoms with Crippen LogP contribution in [-0.2, 0) is 6.18 Å². The first-order valence-electron chi connectivity index (χ1n) is 4.90. The zero-order valence-electron chi connectivity index (χ0n) is 9.16. The van der Waals surface area contributed by atoms with Crippen LogP contribution in [0.25, 0.3) is 11.3 Å². The number of nitrogens with zero attached hydrogens (tertiary/aromatic N) is 3. The van der Waals surface area contributed by atoms with E-state index in [1.54, 1.807) is 19.2 Å². The molecule has 0 atom stereocenters. The van der Waals surface area contributed by atoms with Gasteiger partial charge in [-0.25, -0.2) is 9.97 Å². The van der Waals surface area contributed by atoms with E-state index in [1.165, 1.54) is 12.3 Å². The summed E-state index contributed by atoms with van der Waals surface area (Å²) in [6.07, 6.45) is -1.61. The average Bonchev–Trinajstić information content (AvgIpc) is 2.27. The van der Waals surface area contributed by atoms with Crippen molar-refractivity contribution < 1.29 is 13.2 Å². The molecule has 0 bridgehead atoms. The van der Waals surface area contributed by atoms with Crippen molar-refractivity contribution in [1.29, 1.82) is 0 Å². The van der Waals surface area contributed by atoms with E-state index in [1.807, 2.05) is 0 Å². The third-order valence-electron chi connectivity index (χ3n) is 2.12. The summed E-state index contributed by atoms with van der Waals surface area (Å²) < 4.78 is 37.6. The molecule has 0 saturated heterocycles. The number of hydrogen-bond donors (Lipinski definition) is 0. The molecule has 0 unspecified atom stereocenters. The highest BCUT2D eigenvalue weighted by Crippen LogP contribution is 2.29. The van der Waals surface area contributed by atoms with E-state index in [4.69, 9.17) is 11.6 Å². The van der Waals surface area contributed by atoms with Gasteiger partial charge in [0.2, 0.25) is 5.82 Å². The van der Waals surface area contributed by atoms with Gasteiger partial charge in [0.1, 0.15) is 5.15 Å². The van der Waals surface area contributed by atoms with E-state index in [2.05, 4.69) is 15.0 Å². The van der Waals surface area contributed by atoms with Crippen LogP contribution < -0.4 is 0 Å². The molecule has 0 aliphatic carbocycles. The summed E-state index contributed by atoms with van der Waals surface area (Å²) in [6.45, 7) is 1.78. The highest BCUT2D eigenvalue weighted by Gasteiger charge is 2.35. The van der Waals surface area contributed by atoms with Gasteiger partial charge in [0.25, 0.3) is 0 Å². The molecule has 0 aromatic carbocycles. The van der Waals surface area contributed by atoms with E-state index in [9.17, 15) is 13.2 Å². The van der Waals surface area contributed by atoms with Crippen LogP contribution in [-0.4, -0.2) is 15.0 Å². The molecule has 0 fully saturated rings. The lowest BCUT2D eigenvalue weighted by atomic mass is 10.1. The number of rotatable bonds is 1. The van der Waals surface area contributed by atoms with Crippen LogP contribution in [0.4, 0.5) is 13.2 Å². The van der Waals surface area contributed by atoms with E-state index in [0.29, 0.717) is 5.56 Å². The summed E-state index contributed by atoms with van der Waals surface area (Å²) in [5.41, 5.74) is 1.37.